The van der Waals surface area contributed by atoms with E-state index in [-0.39, 0.29) is 6.42 Å². The maximum Gasteiger partial charge on any atom is 0.251 e. The summed E-state index contributed by atoms with van der Waals surface area (Å²) in [4.78, 5) is 24.1. The average Bonchev–Trinajstić information content (AvgIpc) is 3.31. The number of hydrogen-bond donors (Lipinski definition) is 0. The second-order valence-electron chi connectivity index (χ2n) is 5.73. The number of nitriles is 4. The first kappa shape index (κ1) is 18.2. The molecule has 1 aliphatic rings. The fraction of sp³-hybridized carbons (Fsp3) is 0.571. The summed E-state index contributed by atoms with van der Waals surface area (Å²) >= 11 is 5.44. The molecule has 9 heteroatoms. The van der Waals surface area contributed by atoms with Gasteiger partial charge in [0.15, 0.2) is 5.78 Å². The number of Topliss-reactive ketones (excluding diaryl/α,β-unsaturated/α-hetero) is 1. The fourth-order valence-electron chi connectivity index (χ4n) is 1.99. The SMILES string of the molecule is CC(C#N)(C#N)CC(C(=O)Cl)C(=O)C1(CC(C)(C#N)C#N)N=N1. The molecule has 23 heavy (non-hydrogen) atoms. The van der Waals surface area contributed by atoms with Crippen LogP contribution in [0.25, 0.3) is 0 Å². The molecule has 0 saturated heterocycles. The molecule has 0 saturated carbocycles. The Kier molecular flexibility index (Phi) is 4.86. The smallest absolute Gasteiger partial charge is 0.251 e. The normalized spacial score (nSPS) is 16.1. The number of hydrogen-bond acceptors (Lipinski definition) is 8. The van der Waals surface area contributed by atoms with E-state index in [9.17, 15) is 9.59 Å². The predicted molar refractivity (Wildman–Crippen MR) is 74.8 cm³/mol. The van der Waals surface area contributed by atoms with Gasteiger partial charge in [0.25, 0.3) is 5.66 Å². The number of rotatable bonds is 7. The third-order valence-electron chi connectivity index (χ3n) is 3.53. The Labute approximate surface area is 137 Å². The summed E-state index contributed by atoms with van der Waals surface area (Å²) in [6.45, 7) is 2.59. The van der Waals surface area contributed by atoms with Crippen LogP contribution in [0.2, 0.25) is 0 Å². The molecule has 0 fully saturated rings. The maximum atomic E-state index is 12.6. The zero-order valence-corrected chi connectivity index (χ0v) is 13.1. The molecular formula is C14H11ClN6O2. The summed E-state index contributed by atoms with van der Waals surface area (Å²) in [5.41, 5.74) is -4.80. The lowest BCUT2D eigenvalue weighted by atomic mass is 9.76. The Hall–Kier alpha value is -2.81. The molecule has 0 N–H and O–H groups in total. The predicted octanol–water partition coefficient (Wildman–Crippen LogP) is 1.99. The van der Waals surface area contributed by atoms with Crippen LogP contribution in [0.1, 0.15) is 26.7 Å². The van der Waals surface area contributed by atoms with Gasteiger partial charge in [0.1, 0.15) is 10.8 Å². The first-order chi connectivity index (χ1) is 10.6. The van der Waals surface area contributed by atoms with E-state index in [0.717, 1.165) is 0 Å². The Bertz CT molecular complexity index is 711. The van der Waals surface area contributed by atoms with E-state index in [4.69, 9.17) is 32.6 Å². The van der Waals surface area contributed by atoms with E-state index in [1.54, 1.807) is 24.3 Å². The molecule has 116 valence electrons. The van der Waals surface area contributed by atoms with E-state index in [0.29, 0.717) is 0 Å². The van der Waals surface area contributed by atoms with Crippen molar-refractivity contribution in [2.75, 3.05) is 0 Å². The second kappa shape index (κ2) is 6.13. The van der Waals surface area contributed by atoms with Gasteiger partial charge in [-0.15, -0.1) is 0 Å². The Morgan fingerprint density at radius 3 is 1.78 bits per heavy atom. The van der Waals surface area contributed by atoms with Crippen molar-refractivity contribution in [2.45, 2.75) is 32.4 Å². The van der Waals surface area contributed by atoms with Crippen LogP contribution in [-0.2, 0) is 9.59 Å². The average molecular weight is 331 g/mol. The number of ketones is 1. The summed E-state index contributed by atoms with van der Waals surface area (Å²) < 4.78 is 0. The molecule has 1 unspecified atom stereocenters. The molecule has 1 heterocycles. The Morgan fingerprint density at radius 2 is 1.48 bits per heavy atom. The minimum absolute atomic E-state index is 0.317. The quantitative estimate of drug-likeness (QED) is 0.513. The van der Waals surface area contributed by atoms with Crippen molar-refractivity contribution in [3.8, 4) is 24.3 Å². The molecule has 0 bridgehead atoms. The van der Waals surface area contributed by atoms with Gasteiger partial charge >= 0.3 is 0 Å². The lowest BCUT2D eigenvalue weighted by molar-refractivity contribution is -0.132. The molecule has 0 aromatic rings. The maximum absolute atomic E-state index is 12.6. The van der Waals surface area contributed by atoms with Crippen LogP contribution in [-0.4, -0.2) is 16.7 Å². The number of halogens is 1. The molecule has 0 aromatic heterocycles. The third-order valence-corrected chi connectivity index (χ3v) is 3.79. The number of nitrogens with zero attached hydrogens (tertiary/aromatic N) is 6. The molecule has 0 amide bonds. The largest absolute Gasteiger partial charge is 0.294 e. The molecule has 8 nitrogen and oxygen atoms in total. The van der Waals surface area contributed by atoms with Gasteiger partial charge in [0, 0.05) is 6.42 Å². The van der Waals surface area contributed by atoms with E-state index in [1.165, 1.54) is 13.8 Å². The van der Waals surface area contributed by atoms with Gasteiger partial charge in [-0.05, 0) is 31.9 Å². The Morgan fingerprint density at radius 1 is 1.04 bits per heavy atom. The van der Waals surface area contributed by atoms with Crippen molar-refractivity contribution in [1.82, 2.24) is 0 Å². The molecule has 0 radical (unpaired) electrons. The first-order valence-electron chi connectivity index (χ1n) is 6.44. The monoisotopic (exact) mass is 330 g/mol. The lowest BCUT2D eigenvalue weighted by Crippen LogP contribution is -2.39. The van der Waals surface area contributed by atoms with Crippen molar-refractivity contribution >= 4 is 22.6 Å². The first-order valence-corrected chi connectivity index (χ1v) is 6.81. The molecule has 0 aromatic carbocycles. The number of carbonyl (C=O) groups is 2. The summed E-state index contributed by atoms with van der Waals surface area (Å²) in [5.74, 6) is -2.29. The van der Waals surface area contributed by atoms with E-state index < -0.39 is 39.9 Å². The third kappa shape index (κ3) is 3.69. The standard InChI is InChI=1S/C14H11ClN6O2/c1-12(5-16,6-17)3-9(11(15)23)10(22)14(20-21-14)4-13(2,7-18)8-19/h9H,3-4H2,1-2H3. The van der Waals surface area contributed by atoms with E-state index >= 15 is 0 Å². The summed E-state index contributed by atoms with van der Waals surface area (Å²) in [6.07, 6.45) is -0.730. The molecule has 1 aliphatic heterocycles. The van der Waals surface area contributed by atoms with Crippen LogP contribution < -0.4 is 0 Å². The second-order valence-corrected chi connectivity index (χ2v) is 6.10. The molecule has 0 aliphatic carbocycles. The molecule has 1 rings (SSSR count). The Balaban J connectivity index is 3.08. The van der Waals surface area contributed by atoms with Crippen molar-refractivity contribution in [3.63, 3.8) is 0 Å². The van der Waals surface area contributed by atoms with Crippen LogP contribution >= 0.6 is 11.6 Å². The minimum atomic E-state index is -1.69. The van der Waals surface area contributed by atoms with E-state index in [2.05, 4.69) is 10.2 Å². The highest BCUT2D eigenvalue weighted by molar-refractivity contribution is 6.65. The van der Waals surface area contributed by atoms with Gasteiger partial charge in [-0.25, -0.2) is 0 Å². The van der Waals surface area contributed by atoms with Gasteiger partial charge in [-0.1, -0.05) is 0 Å². The highest BCUT2D eigenvalue weighted by Gasteiger charge is 2.57. The van der Waals surface area contributed by atoms with Crippen LogP contribution in [0.15, 0.2) is 10.2 Å². The highest BCUT2D eigenvalue weighted by atomic mass is 35.5. The highest BCUT2D eigenvalue weighted by Crippen LogP contribution is 2.44. The zero-order chi connectivity index (χ0) is 17.9. The van der Waals surface area contributed by atoms with Gasteiger partial charge < -0.3 is 0 Å². The van der Waals surface area contributed by atoms with Crippen molar-refractivity contribution in [1.29, 1.82) is 21.0 Å². The summed E-state index contributed by atoms with van der Waals surface area (Å²) in [6, 6.07) is 6.97. The molecule has 0 spiro atoms. The fourth-order valence-corrected chi connectivity index (χ4v) is 2.17. The summed E-state index contributed by atoms with van der Waals surface area (Å²) in [5, 5.41) is 42.2. The van der Waals surface area contributed by atoms with Gasteiger partial charge in [0.2, 0.25) is 5.24 Å². The van der Waals surface area contributed by atoms with E-state index in [1.807, 2.05) is 0 Å². The molecular weight excluding hydrogens is 320 g/mol. The summed E-state index contributed by atoms with van der Waals surface area (Å²) in [7, 11) is 0. The van der Waals surface area contributed by atoms with Crippen molar-refractivity contribution in [3.05, 3.63) is 0 Å². The lowest BCUT2D eigenvalue weighted by Gasteiger charge is -2.22. The zero-order valence-electron chi connectivity index (χ0n) is 12.4. The number of carbonyl (C=O) groups excluding carboxylic acids is 2. The molecule has 1 atom stereocenters. The van der Waals surface area contributed by atoms with Crippen LogP contribution in [0.4, 0.5) is 0 Å². The van der Waals surface area contributed by atoms with Gasteiger partial charge in [-0.2, -0.15) is 31.3 Å². The van der Waals surface area contributed by atoms with Gasteiger partial charge in [0.05, 0.1) is 30.2 Å². The minimum Gasteiger partial charge on any atom is -0.294 e. The van der Waals surface area contributed by atoms with Gasteiger partial charge in [-0.3, -0.25) is 9.59 Å². The van der Waals surface area contributed by atoms with Crippen LogP contribution in [0, 0.1) is 62.1 Å². The topological polar surface area (TPSA) is 154 Å². The van der Waals surface area contributed by atoms with Crippen molar-refractivity contribution < 1.29 is 9.59 Å². The van der Waals surface area contributed by atoms with Crippen molar-refractivity contribution in [2.24, 2.45) is 27.0 Å². The van der Waals surface area contributed by atoms with Crippen LogP contribution in [0.3, 0.4) is 0 Å². The van der Waals surface area contributed by atoms with Crippen LogP contribution in [0.5, 0.6) is 0 Å².